The first-order chi connectivity index (χ1) is 11.3. The van der Waals surface area contributed by atoms with Crippen LogP contribution in [0.15, 0.2) is 42.7 Å². The Bertz CT molecular complexity index is 671. The van der Waals surface area contributed by atoms with E-state index in [2.05, 4.69) is 0 Å². The number of nitriles is 1. The number of ether oxygens (including phenoxy) is 1. The molecular formula is C18H21N3O3. The van der Waals surface area contributed by atoms with Gasteiger partial charge in [0.25, 0.3) is 5.91 Å². The van der Waals surface area contributed by atoms with Gasteiger partial charge < -0.3 is 9.64 Å². The number of benzene rings is 1. The van der Waals surface area contributed by atoms with Gasteiger partial charge in [0.1, 0.15) is 18.2 Å². The molecule has 1 aliphatic rings. The van der Waals surface area contributed by atoms with E-state index in [-0.39, 0.29) is 12.5 Å². The number of hydrogen-bond donors (Lipinski definition) is 0. The highest BCUT2D eigenvalue weighted by Gasteiger charge is 2.36. The van der Waals surface area contributed by atoms with Gasteiger partial charge in [0, 0.05) is 18.8 Å². The lowest BCUT2D eigenvalue weighted by molar-refractivity contribution is -0.134. The summed E-state index contributed by atoms with van der Waals surface area (Å²) in [5.74, 6) is -0.297. The molecule has 6 heteroatoms. The second-order valence-electron chi connectivity index (χ2n) is 6.52. The molecule has 1 atom stereocenters. The molecule has 0 spiro atoms. The zero-order valence-electron chi connectivity index (χ0n) is 14.1. The number of hydrogen-bond acceptors (Lipinski definition) is 4. The highest BCUT2D eigenvalue weighted by Crippen LogP contribution is 2.20. The monoisotopic (exact) mass is 327 g/mol. The Morgan fingerprint density at radius 2 is 1.92 bits per heavy atom. The molecule has 0 saturated heterocycles. The Kier molecular flexibility index (Phi) is 5.24. The van der Waals surface area contributed by atoms with Crippen LogP contribution in [0.4, 0.5) is 4.79 Å². The average Bonchev–Trinajstić information content (AvgIpc) is 2.51. The van der Waals surface area contributed by atoms with Gasteiger partial charge in [-0.3, -0.25) is 9.69 Å². The minimum atomic E-state index is -0.736. The molecule has 6 nitrogen and oxygen atoms in total. The van der Waals surface area contributed by atoms with Gasteiger partial charge in [0.2, 0.25) is 0 Å². The highest BCUT2D eigenvalue weighted by molar-refractivity contribution is 5.88. The number of nitrogens with zero attached hydrogens (tertiary/aromatic N) is 3. The molecule has 0 radical (unpaired) electrons. The molecular weight excluding hydrogens is 306 g/mol. The number of amides is 2. The van der Waals surface area contributed by atoms with E-state index in [9.17, 15) is 9.59 Å². The van der Waals surface area contributed by atoms with E-state index in [0.717, 1.165) is 5.56 Å². The first-order valence-corrected chi connectivity index (χ1v) is 7.73. The average molecular weight is 327 g/mol. The van der Waals surface area contributed by atoms with Gasteiger partial charge in [-0.05, 0) is 26.3 Å². The summed E-state index contributed by atoms with van der Waals surface area (Å²) in [6.45, 7) is 5.26. The van der Waals surface area contributed by atoms with Crippen LogP contribution in [0.25, 0.3) is 0 Å². The molecule has 0 fully saturated rings. The molecule has 1 aromatic carbocycles. The van der Waals surface area contributed by atoms with E-state index < -0.39 is 17.7 Å². The maximum atomic E-state index is 12.7. The first-order valence-electron chi connectivity index (χ1n) is 7.73. The second-order valence-corrected chi connectivity index (χ2v) is 6.52. The fraction of sp³-hybridized carbons (Fsp3) is 0.389. The van der Waals surface area contributed by atoms with E-state index >= 15 is 0 Å². The number of carbonyl (C=O) groups excluding carboxylic acids is 2. The molecule has 0 unspecified atom stereocenters. The summed E-state index contributed by atoms with van der Waals surface area (Å²) >= 11 is 0. The van der Waals surface area contributed by atoms with Crippen LogP contribution in [-0.4, -0.2) is 40.0 Å². The first kappa shape index (κ1) is 17.5. The van der Waals surface area contributed by atoms with Crippen molar-refractivity contribution in [3.8, 4) is 6.07 Å². The van der Waals surface area contributed by atoms with Crippen molar-refractivity contribution in [2.45, 2.75) is 38.8 Å². The molecule has 1 aromatic rings. The Morgan fingerprint density at radius 3 is 2.50 bits per heavy atom. The van der Waals surface area contributed by atoms with Crippen LogP contribution in [0.5, 0.6) is 0 Å². The topological polar surface area (TPSA) is 73.6 Å². The van der Waals surface area contributed by atoms with Gasteiger partial charge in [-0.25, -0.2) is 4.79 Å². The van der Waals surface area contributed by atoms with Crippen molar-refractivity contribution in [2.75, 3.05) is 6.54 Å². The van der Waals surface area contributed by atoms with Gasteiger partial charge in [-0.15, -0.1) is 0 Å². The number of rotatable bonds is 3. The van der Waals surface area contributed by atoms with Crippen molar-refractivity contribution in [1.29, 1.82) is 5.26 Å². The predicted molar refractivity (Wildman–Crippen MR) is 88.5 cm³/mol. The zero-order chi connectivity index (χ0) is 17.7. The Morgan fingerprint density at radius 1 is 1.25 bits per heavy atom. The molecule has 2 amide bonds. The van der Waals surface area contributed by atoms with Gasteiger partial charge in [0.15, 0.2) is 0 Å². The van der Waals surface area contributed by atoms with Crippen LogP contribution < -0.4 is 0 Å². The Labute approximate surface area is 141 Å². The Balaban J connectivity index is 2.28. The SMILES string of the molecule is CC(C)(C)OC(=O)N1C=CN(CC#N)C(=O)[C@@H]1Cc1ccccc1. The van der Waals surface area contributed by atoms with Gasteiger partial charge in [0.05, 0.1) is 6.07 Å². The van der Waals surface area contributed by atoms with E-state index in [0.29, 0.717) is 6.42 Å². The summed E-state index contributed by atoms with van der Waals surface area (Å²) in [5.41, 5.74) is 0.270. The second kappa shape index (κ2) is 7.18. The molecule has 1 heterocycles. The highest BCUT2D eigenvalue weighted by atomic mass is 16.6. The van der Waals surface area contributed by atoms with E-state index in [4.69, 9.17) is 10.00 Å². The Hall–Kier alpha value is -2.81. The maximum Gasteiger partial charge on any atom is 0.415 e. The van der Waals surface area contributed by atoms with E-state index in [1.54, 1.807) is 20.8 Å². The molecule has 0 bridgehead atoms. The lowest BCUT2D eigenvalue weighted by atomic mass is 10.0. The molecule has 0 aliphatic carbocycles. The van der Waals surface area contributed by atoms with Crippen molar-refractivity contribution in [2.24, 2.45) is 0 Å². The zero-order valence-corrected chi connectivity index (χ0v) is 14.1. The van der Waals surface area contributed by atoms with Crippen molar-refractivity contribution in [3.63, 3.8) is 0 Å². The van der Waals surface area contributed by atoms with Crippen molar-refractivity contribution < 1.29 is 14.3 Å². The predicted octanol–water partition coefficient (Wildman–Crippen LogP) is 2.67. The summed E-state index contributed by atoms with van der Waals surface area (Å²) in [6.07, 6.45) is 2.72. The lowest BCUT2D eigenvalue weighted by Crippen LogP contribution is -2.52. The van der Waals surface area contributed by atoms with Crippen molar-refractivity contribution in [3.05, 3.63) is 48.3 Å². The summed E-state index contributed by atoms with van der Waals surface area (Å²) in [4.78, 5) is 27.7. The molecule has 2 rings (SSSR count). The van der Waals surface area contributed by atoms with Crippen LogP contribution in [-0.2, 0) is 16.0 Å². The quantitative estimate of drug-likeness (QED) is 0.800. The fourth-order valence-electron chi connectivity index (χ4n) is 2.37. The van der Waals surface area contributed by atoms with Crippen LogP contribution in [0, 0.1) is 11.3 Å². The number of carbonyl (C=O) groups is 2. The summed E-state index contributed by atoms with van der Waals surface area (Å²) in [6, 6.07) is 10.7. The van der Waals surface area contributed by atoms with Gasteiger partial charge >= 0.3 is 6.09 Å². The van der Waals surface area contributed by atoms with Crippen molar-refractivity contribution in [1.82, 2.24) is 9.80 Å². The van der Waals surface area contributed by atoms with Gasteiger partial charge in [-0.1, -0.05) is 30.3 Å². The third-order valence-electron chi connectivity index (χ3n) is 3.43. The molecule has 0 aromatic heterocycles. The van der Waals surface area contributed by atoms with Crippen LogP contribution >= 0.6 is 0 Å². The minimum Gasteiger partial charge on any atom is -0.443 e. The normalized spacial score (nSPS) is 17.6. The molecule has 24 heavy (non-hydrogen) atoms. The van der Waals surface area contributed by atoms with Crippen molar-refractivity contribution >= 4 is 12.0 Å². The standard InChI is InChI=1S/C18H21N3O3/c1-18(2,3)24-17(23)21-12-11-20(10-9-19)16(22)15(21)13-14-7-5-4-6-8-14/h4-8,11-12,15H,10,13H2,1-3H3/t15-/m0/s1. The molecule has 126 valence electrons. The van der Waals surface area contributed by atoms with Crippen LogP contribution in [0.2, 0.25) is 0 Å². The summed E-state index contributed by atoms with van der Waals surface area (Å²) < 4.78 is 5.39. The maximum absolute atomic E-state index is 12.7. The molecule has 0 saturated carbocycles. The largest absolute Gasteiger partial charge is 0.443 e. The van der Waals surface area contributed by atoms with E-state index in [1.165, 1.54) is 22.2 Å². The third kappa shape index (κ3) is 4.35. The van der Waals surface area contributed by atoms with Crippen LogP contribution in [0.1, 0.15) is 26.3 Å². The van der Waals surface area contributed by atoms with Crippen LogP contribution in [0.3, 0.4) is 0 Å². The summed E-state index contributed by atoms with van der Waals surface area (Å²) in [7, 11) is 0. The summed E-state index contributed by atoms with van der Waals surface area (Å²) in [5, 5.41) is 8.86. The molecule has 1 aliphatic heterocycles. The van der Waals surface area contributed by atoms with Gasteiger partial charge in [-0.2, -0.15) is 5.26 Å². The smallest absolute Gasteiger partial charge is 0.415 e. The fourth-order valence-corrected chi connectivity index (χ4v) is 2.37. The van der Waals surface area contributed by atoms with E-state index in [1.807, 2.05) is 36.4 Å². The molecule has 0 N–H and O–H groups in total. The minimum absolute atomic E-state index is 0.0528. The lowest BCUT2D eigenvalue weighted by Gasteiger charge is -2.35. The third-order valence-corrected chi connectivity index (χ3v) is 3.43.